The first-order valence-corrected chi connectivity index (χ1v) is 6.59. The maximum Gasteiger partial charge on any atom is 0.325 e. The Morgan fingerprint density at radius 2 is 2.32 bits per heavy atom. The number of aliphatic carboxylic acids is 1. The van der Waals surface area contributed by atoms with Crippen LogP contribution >= 0.6 is 0 Å². The Bertz CT molecular complexity index is 661. The van der Waals surface area contributed by atoms with Gasteiger partial charge in [0.05, 0.1) is 18.4 Å². The quantitative estimate of drug-likeness (QED) is 0.728. The monoisotopic (exact) mass is 286 g/mol. The molecule has 0 aromatic carbocycles. The minimum absolute atomic E-state index is 0.0249. The second-order valence-electron chi connectivity index (χ2n) is 3.58. The van der Waals surface area contributed by atoms with E-state index in [0.29, 0.717) is 5.69 Å². The van der Waals surface area contributed by atoms with Gasteiger partial charge in [0.1, 0.15) is 17.7 Å². The fourth-order valence-corrected chi connectivity index (χ4v) is 2.24. The maximum absolute atomic E-state index is 11.9. The van der Waals surface area contributed by atoms with Crippen LogP contribution in [-0.2, 0) is 27.9 Å². The van der Waals surface area contributed by atoms with Crippen LogP contribution in [0.15, 0.2) is 34.1 Å². The molecule has 0 unspecified atom stereocenters. The van der Waals surface area contributed by atoms with E-state index < -0.39 is 22.5 Å². The first kappa shape index (κ1) is 13.2. The largest absolute Gasteiger partial charge is 0.480 e. The van der Waals surface area contributed by atoms with Gasteiger partial charge in [-0.2, -0.15) is 5.10 Å². The van der Waals surface area contributed by atoms with Gasteiger partial charge >= 0.3 is 5.97 Å². The molecule has 0 spiro atoms. The zero-order valence-electron chi connectivity index (χ0n) is 9.55. The van der Waals surface area contributed by atoms with E-state index in [2.05, 4.69) is 19.5 Å². The van der Waals surface area contributed by atoms with E-state index in [-0.39, 0.29) is 11.4 Å². The first-order chi connectivity index (χ1) is 8.97. The summed E-state index contributed by atoms with van der Waals surface area (Å²) in [5.74, 6) is -1.11. The van der Waals surface area contributed by atoms with Gasteiger partial charge in [0.2, 0.25) is 10.0 Å². The molecular formula is C9H10N4O5S. The highest BCUT2D eigenvalue weighted by atomic mass is 32.2. The third kappa shape index (κ3) is 3.39. The smallest absolute Gasteiger partial charge is 0.325 e. The van der Waals surface area contributed by atoms with Crippen LogP contribution in [0.1, 0.15) is 5.69 Å². The van der Waals surface area contributed by atoms with Crippen molar-refractivity contribution in [3.05, 3.63) is 30.4 Å². The molecule has 10 heteroatoms. The van der Waals surface area contributed by atoms with Crippen molar-refractivity contribution in [3.8, 4) is 0 Å². The number of hydrogen-bond donors (Lipinski definition) is 2. The van der Waals surface area contributed by atoms with Crippen LogP contribution in [0.4, 0.5) is 0 Å². The Labute approximate surface area is 107 Å². The normalized spacial score (nSPS) is 11.6. The van der Waals surface area contributed by atoms with Gasteiger partial charge in [-0.05, 0) is 0 Å². The lowest BCUT2D eigenvalue weighted by molar-refractivity contribution is -0.137. The van der Waals surface area contributed by atoms with E-state index >= 15 is 0 Å². The summed E-state index contributed by atoms with van der Waals surface area (Å²) in [6.45, 7) is -0.429. The van der Waals surface area contributed by atoms with Crippen LogP contribution in [0.25, 0.3) is 0 Å². The molecule has 0 bridgehead atoms. The minimum Gasteiger partial charge on any atom is -0.480 e. The summed E-state index contributed by atoms with van der Waals surface area (Å²) >= 11 is 0. The summed E-state index contributed by atoms with van der Waals surface area (Å²) in [6.07, 6.45) is 3.54. The number of carbonyl (C=O) groups is 1. The van der Waals surface area contributed by atoms with Crippen molar-refractivity contribution in [2.75, 3.05) is 0 Å². The first-order valence-electron chi connectivity index (χ1n) is 5.10. The van der Waals surface area contributed by atoms with Crippen LogP contribution in [0.2, 0.25) is 0 Å². The molecule has 0 radical (unpaired) electrons. The average Bonchev–Trinajstić information content (AvgIpc) is 2.96. The van der Waals surface area contributed by atoms with E-state index in [1.807, 2.05) is 0 Å². The molecular weight excluding hydrogens is 276 g/mol. The van der Waals surface area contributed by atoms with Crippen LogP contribution in [0.3, 0.4) is 0 Å². The Morgan fingerprint density at radius 1 is 1.53 bits per heavy atom. The number of nitrogens with one attached hydrogen (secondary N) is 1. The van der Waals surface area contributed by atoms with Crippen molar-refractivity contribution >= 4 is 16.0 Å². The fraction of sp³-hybridized carbons (Fsp3) is 0.222. The van der Waals surface area contributed by atoms with Gasteiger partial charge in [-0.25, -0.2) is 13.1 Å². The highest BCUT2D eigenvalue weighted by molar-refractivity contribution is 7.89. The highest BCUT2D eigenvalue weighted by Gasteiger charge is 2.17. The molecule has 0 aliphatic rings. The molecule has 0 aliphatic heterocycles. The Morgan fingerprint density at radius 3 is 2.95 bits per heavy atom. The fourth-order valence-electron chi connectivity index (χ4n) is 1.29. The van der Waals surface area contributed by atoms with Crippen molar-refractivity contribution < 1.29 is 22.8 Å². The molecule has 19 heavy (non-hydrogen) atoms. The third-order valence-corrected chi connectivity index (χ3v) is 3.51. The third-order valence-electron chi connectivity index (χ3n) is 2.15. The van der Waals surface area contributed by atoms with E-state index in [0.717, 1.165) is 17.1 Å². The maximum atomic E-state index is 11.9. The summed E-state index contributed by atoms with van der Waals surface area (Å²) in [6, 6.07) is 1.52. The summed E-state index contributed by atoms with van der Waals surface area (Å²) in [5, 5.41) is 15.8. The molecule has 2 aromatic heterocycles. The predicted octanol–water partition coefficient (Wildman–Crippen LogP) is -0.566. The number of sulfonamides is 1. The van der Waals surface area contributed by atoms with Gasteiger partial charge in [-0.15, -0.1) is 0 Å². The molecule has 2 N–H and O–H groups in total. The standard InChI is InChI=1S/C9H10N4O5S/c14-9(15)6-13-5-8(4-10-13)19(16,17)11-3-7-1-2-18-12-7/h1-2,4-5,11H,3,6H2,(H,14,15). The summed E-state index contributed by atoms with van der Waals surface area (Å²) < 4.78 is 31.6. The van der Waals surface area contributed by atoms with Gasteiger partial charge < -0.3 is 9.63 Å². The zero-order chi connectivity index (χ0) is 13.9. The van der Waals surface area contributed by atoms with Gasteiger partial charge in [0.25, 0.3) is 0 Å². The molecule has 2 aromatic rings. The number of aromatic nitrogens is 3. The molecule has 9 nitrogen and oxygen atoms in total. The summed E-state index contributed by atoms with van der Waals surface area (Å²) in [4.78, 5) is 10.4. The van der Waals surface area contributed by atoms with Crippen molar-refractivity contribution in [2.45, 2.75) is 18.0 Å². The Kier molecular flexibility index (Phi) is 3.62. The number of nitrogens with zero attached hydrogens (tertiary/aromatic N) is 3. The number of rotatable bonds is 6. The van der Waals surface area contributed by atoms with Crippen LogP contribution in [0.5, 0.6) is 0 Å². The van der Waals surface area contributed by atoms with Crippen LogP contribution < -0.4 is 4.72 Å². The number of carboxylic acids is 1. The molecule has 0 amide bonds. The van der Waals surface area contributed by atoms with E-state index in [1.165, 1.54) is 12.3 Å². The van der Waals surface area contributed by atoms with Gasteiger partial charge in [-0.3, -0.25) is 9.48 Å². The SMILES string of the molecule is O=C(O)Cn1cc(S(=O)(=O)NCc2ccon2)cn1. The second-order valence-corrected chi connectivity index (χ2v) is 5.35. The van der Waals surface area contributed by atoms with Gasteiger partial charge in [0, 0.05) is 12.3 Å². The number of hydrogen-bond acceptors (Lipinski definition) is 6. The van der Waals surface area contributed by atoms with Crippen molar-refractivity contribution in [1.29, 1.82) is 0 Å². The van der Waals surface area contributed by atoms with E-state index in [1.54, 1.807) is 0 Å². The van der Waals surface area contributed by atoms with Crippen molar-refractivity contribution in [3.63, 3.8) is 0 Å². The zero-order valence-corrected chi connectivity index (χ0v) is 10.4. The number of carboxylic acid groups (broad SMARTS) is 1. The lowest BCUT2D eigenvalue weighted by Gasteiger charge is -2.01. The minimum atomic E-state index is -3.76. The van der Waals surface area contributed by atoms with Crippen LogP contribution in [0, 0.1) is 0 Å². The van der Waals surface area contributed by atoms with Crippen molar-refractivity contribution in [1.82, 2.24) is 19.7 Å². The Hall–Kier alpha value is -2.20. The van der Waals surface area contributed by atoms with Gasteiger partial charge in [0.15, 0.2) is 0 Å². The molecule has 2 rings (SSSR count). The molecule has 0 atom stereocenters. The Balaban J connectivity index is 2.06. The summed E-state index contributed by atoms with van der Waals surface area (Å²) in [5.41, 5.74) is 0.432. The van der Waals surface area contributed by atoms with E-state index in [4.69, 9.17) is 5.11 Å². The average molecular weight is 286 g/mol. The second kappa shape index (κ2) is 5.20. The topological polar surface area (TPSA) is 127 Å². The van der Waals surface area contributed by atoms with Crippen LogP contribution in [-0.4, -0.2) is 34.4 Å². The van der Waals surface area contributed by atoms with E-state index in [9.17, 15) is 13.2 Å². The predicted molar refractivity (Wildman–Crippen MR) is 60.4 cm³/mol. The molecule has 0 aliphatic carbocycles. The molecule has 0 fully saturated rings. The molecule has 0 saturated heterocycles. The molecule has 0 saturated carbocycles. The summed E-state index contributed by atoms with van der Waals surface area (Å²) in [7, 11) is -3.76. The van der Waals surface area contributed by atoms with Crippen molar-refractivity contribution in [2.24, 2.45) is 0 Å². The lowest BCUT2D eigenvalue weighted by Crippen LogP contribution is -2.23. The highest BCUT2D eigenvalue weighted by Crippen LogP contribution is 2.07. The molecule has 2 heterocycles. The molecule has 102 valence electrons. The van der Waals surface area contributed by atoms with Gasteiger partial charge in [-0.1, -0.05) is 5.16 Å². The lowest BCUT2D eigenvalue weighted by atomic mass is 10.5.